The number of halogens is 3. The second-order valence-corrected chi connectivity index (χ2v) is 6.27. The van der Waals surface area contributed by atoms with Crippen LogP contribution in [0.5, 0.6) is 0 Å². The number of hydrogen-bond donors (Lipinski definition) is 3. The third-order valence-corrected chi connectivity index (χ3v) is 4.65. The number of fused-ring (bicyclic) bond motifs is 1. The molecule has 0 spiro atoms. The molecule has 3 rings (SSSR count). The molecule has 0 radical (unpaired) electrons. The van der Waals surface area contributed by atoms with Gasteiger partial charge in [-0.05, 0) is 48.1 Å². The smallest absolute Gasteiger partial charge is 0.397 e. The largest absolute Gasteiger partial charge is 0.416 e. The number of aryl methyl sites for hydroxylation is 2. The van der Waals surface area contributed by atoms with E-state index in [9.17, 15) is 18.0 Å². The highest BCUT2D eigenvalue weighted by atomic mass is 19.4. The van der Waals surface area contributed by atoms with Gasteiger partial charge in [-0.15, -0.1) is 0 Å². The first-order valence-corrected chi connectivity index (χ1v) is 8.76. The highest BCUT2D eigenvalue weighted by Crippen LogP contribution is 2.35. The van der Waals surface area contributed by atoms with Gasteiger partial charge in [-0.2, -0.15) is 13.2 Å². The predicted octanol–water partition coefficient (Wildman–Crippen LogP) is 4.31. The third-order valence-electron chi connectivity index (χ3n) is 4.65. The molecule has 1 atom stereocenters. The third kappa shape index (κ3) is 4.93. The quantitative estimate of drug-likeness (QED) is 0.548. The zero-order chi connectivity index (χ0) is 20.0. The molecule has 1 aliphatic rings. The molecule has 0 saturated heterocycles. The van der Waals surface area contributed by atoms with Crippen molar-refractivity contribution in [2.75, 3.05) is 18.1 Å². The van der Waals surface area contributed by atoms with Crippen LogP contribution in [0.3, 0.4) is 0 Å². The monoisotopic (exact) mass is 379 g/mol. The van der Waals surface area contributed by atoms with Gasteiger partial charge in [-0.3, -0.25) is 4.79 Å². The first-order valence-electron chi connectivity index (χ1n) is 8.76. The van der Waals surface area contributed by atoms with Gasteiger partial charge in [0, 0.05) is 7.05 Å². The maximum Gasteiger partial charge on any atom is 0.416 e. The summed E-state index contributed by atoms with van der Waals surface area (Å²) < 4.78 is 37.5. The van der Waals surface area contributed by atoms with Gasteiger partial charge < -0.3 is 16.4 Å². The van der Waals surface area contributed by atoms with Crippen LogP contribution < -0.4 is 16.4 Å². The molecule has 0 saturated carbocycles. The second kappa shape index (κ2) is 8.79. The summed E-state index contributed by atoms with van der Waals surface area (Å²) in [6.07, 6.45) is -0.944. The van der Waals surface area contributed by atoms with Gasteiger partial charge in [0.05, 0.1) is 23.0 Å². The Morgan fingerprint density at radius 2 is 1.96 bits per heavy atom. The Balaban J connectivity index is 0.000000198. The van der Waals surface area contributed by atoms with E-state index in [0.29, 0.717) is 23.4 Å². The average molecular weight is 379 g/mol. The Hall–Kier alpha value is -2.70. The molecule has 2 aromatic rings. The standard InChI is InChI=1S/C10H13F3N2.C10H11NO/c1-3-6-4-7(10(11,12)13)5-8(15-2)9(6)14;12-7-11-10-6-5-8-3-1-2-4-9(8)10/h4-5,15H,3,14H2,1-2H3;1-4,7,10H,5-6H2,(H,11,12)/t;10-/m.0/s1. The van der Waals surface area contributed by atoms with E-state index < -0.39 is 11.7 Å². The van der Waals surface area contributed by atoms with Crippen molar-refractivity contribution in [3.63, 3.8) is 0 Å². The van der Waals surface area contributed by atoms with Crippen LogP contribution in [-0.4, -0.2) is 13.5 Å². The zero-order valence-corrected chi connectivity index (χ0v) is 15.4. The summed E-state index contributed by atoms with van der Waals surface area (Å²) >= 11 is 0. The van der Waals surface area contributed by atoms with Crippen molar-refractivity contribution >= 4 is 17.8 Å². The number of amides is 1. The summed E-state index contributed by atoms with van der Waals surface area (Å²) in [6, 6.07) is 10.6. The van der Waals surface area contributed by atoms with Crippen LogP contribution >= 0.6 is 0 Å². The lowest BCUT2D eigenvalue weighted by Crippen LogP contribution is -2.16. The van der Waals surface area contributed by atoms with Crippen LogP contribution in [0.25, 0.3) is 0 Å². The number of carbonyl (C=O) groups excluding carboxylic acids is 1. The van der Waals surface area contributed by atoms with E-state index in [-0.39, 0.29) is 6.04 Å². The van der Waals surface area contributed by atoms with Gasteiger partial charge in [-0.1, -0.05) is 31.2 Å². The molecule has 0 heterocycles. The number of alkyl halides is 3. The molecule has 27 heavy (non-hydrogen) atoms. The average Bonchev–Trinajstić information content (AvgIpc) is 3.05. The minimum absolute atomic E-state index is 0.249. The van der Waals surface area contributed by atoms with Gasteiger partial charge in [0.25, 0.3) is 0 Å². The summed E-state index contributed by atoms with van der Waals surface area (Å²) in [5.74, 6) is 0. The van der Waals surface area contributed by atoms with Crippen LogP contribution in [0.4, 0.5) is 24.5 Å². The Kier molecular flexibility index (Phi) is 6.71. The summed E-state index contributed by atoms with van der Waals surface area (Å²) in [4.78, 5) is 10.3. The molecule has 146 valence electrons. The minimum Gasteiger partial charge on any atom is -0.397 e. The van der Waals surface area contributed by atoms with Crippen molar-refractivity contribution in [1.82, 2.24) is 5.32 Å². The Morgan fingerprint density at radius 3 is 2.56 bits per heavy atom. The second-order valence-electron chi connectivity index (χ2n) is 6.27. The molecule has 0 unspecified atom stereocenters. The van der Waals surface area contributed by atoms with E-state index in [1.54, 1.807) is 14.0 Å². The number of hydrogen-bond acceptors (Lipinski definition) is 3. The van der Waals surface area contributed by atoms with Crippen molar-refractivity contribution in [3.8, 4) is 0 Å². The topological polar surface area (TPSA) is 67.1 Å². The Labute approximate surface area is 157 Å². The van der Waals surface area contributed by atoms with Crippen LogP contribution in [0, 0.1) is 0 Å². The molecule has 1 aliphatic carbocycles. The Bertz CT molecular complexity index is 765. The van der Waals surface area contributed by atoms with E-state index in [1.807, 2.05) is 12.1 Å². The maximum atomic E-state index is 12.5. The van der Waals surface area contributed by atoms with Crippen molar-refractivity contribution in [2.24, 2.45) is 0 Å². The van der Waals surface area contributed by atoms with Crippen LogP contribution in [0.1, 0.15) is 41.6 Å². The van der Waals surface area contributed by atoms with Gasteiger partial charge in [0.2, 0.25) is 6.41 Å². The van der Waals surface area contributed by atoms with E-state index in [1.165, 1.54) is 11.1 Å². The summed E-state index contributed by atoms with van der Waals surface area (Å²) in [5, 5.41) is 5.48. The molecule has 0 fully saturated rings. The first kappa shape index (κ1) is 20.6. The SMILES string of the molecule is CCc1cc(C(F)(F)F)cc(NC)c1N.O=CN[C@H]1CCc2ccccc21. The predicted molar refractivity (Wildman–Crippen MR) is 101 cm³/mol. The fourth-order valence-corrected chi connectivity index (χ4v) is 3.19. The maximum absolute atomic E-state index is 12.5. The van der Waals surface area contributed by atoms with E-state index in [2.05, 4.69) is 22.8 Å². The number of nitrogens with one attached hydrogen (secondary N) is 2. The fourth-order valence-electron chi connectivity index (χ4n) is 3.19. The van der Waals surface area contributed by atoms with Gasteiger partial charge in [0.15, 0.2) is 0 Å². The van der Waals surface area contributed by atoms with Crippen LogP contribution in [0.15, 0.2) is 36.4 Å². The number of nitrogen functional groups attached to an aromatic ring is 1. The lowest BCUT2D eigenvalue weighted by molar-refractivity contribution is -0.137. The number of carbonyl (C=O) groups is 1. The van der Waals surface area contributed by atoms with Crippen molar-refractivity contribution in [3.05, 3.63) is 58.7 Å². The fraction of sp³-hybridized carbons (Fsp3) is 0.350. The molecule has 1 amide bonds. The minimum atomic E-state index is -4.33. The molecular weight excluding hydrogens is 355 g/mol. The van der Waals surface area contributed by atoms with Crippen molar-refractivity contribution in [2.45, 2.75) is 38.4 Å². The van der Waals surface area contributed by atoms with E-state index in [0.717, 1.165) is 31.4 Å². The van der Waals surface area contributed by atoms with E-state index in [4.69, 9.17) is 5.73 Å². The zero-order valence-electron chi connectivity index (χ0n) is 15.4. The lowest BCUT2D eigenvalue weighted by atomic mass is 10.0. The van der Waals surface area contributed by atoms with Gasteiger partial charge in [0.1, 0.15) is 0 Å². The van der Waals surface area contributed by atoms with E-state index >= 15 is 0 Å². The summed E-state index contributed by atoms with van der Waals surface area (Å²) in [6.45, 7) is 1.77. The number of anilines is 2. The molecule has 4 N–H and O–H groups in total. The van der Waals surface area contributed by atoms with Gasteiger partial charge in [-0.25, -0.2) is 0 Å². The van der Waals surface area contributed by atoms with Crippen LogP contribution in [-0.2, 0) is 23.8 Å². The van der Waals surface area contributed by atoms with Crippen molar-refractivity contribution < 1.29 is 18.0 Å². The summed E-state index contributed by atoms with van der Waals surface area (Å²) in [5.41, 5.74) is 8.88. The van der Waals surface area contributed by atoms with Crippen LogP contribution in [0.2, 0.25) is 0 Å². The molecule has 0 aromatic heterocycles. The van der Waals surface area contributed by atoms with Gasteiger partial charge >= 0.3 is 6.18 Å². The molecule has 0 aliphatic heterocycles. The highest BCUT2D eigenvalue weighted by molar-refractivity contribution is 5.71. The normalized spacial score (nSPS) is 15.4. The number of nitrogens with two attached hydrogens (primary N) is 1. The highest BCUT2D eigenvalue weighted by Gasteiger charge is 2.31. The first-order chi connectivity index (χ1) is 12.8. The summed E-state index contributed by atoms with van der Waals surface area (Å²) in [7, 11) is 1.55. The lowest BCUT2D eigenvalue weighted by Gasteiger charge is -2.14. The number of rotatable bonds is 4. The molecule has 4 nitrogen and oxygen atoms in total. The molecule has 7 heteroatoms. The molecular formula is C20H24F3N3O. The van der Waals surface area contributed by atoms with Crippen molar-refractivity contribution in [1.29, 1.82) is 0 Å². The Morgan fingerprint density at radius 1 is 1.26 bits per heavy atom. The molecule has 2 aromatic carbocycles. The molecule has 0 bridgehead atoms. The number of benzene rings is 2.